The van der Waals surface area contributed by atoms with Gasteiger partial charge in [-0.2, -0.15) is 0 Å². The molecule has 1 saturated heterocycles. The van der Waals surface area contributed by atoms with E-state index in [-0.39, 0.29) is 17.1 Å². The molecule has 0 radical (unpaired) electrons. The minimum Gasteiger partial charge on any atom is -0.339 e. The Morgan fingerprint density at radius 3 is 2.44 bits per heavy atom. The monoisotopic (exact) mass is 340 g/mol. The van der Waals surface area contributed by atoms with Gasteiger partial charge in [-0.3, -0.25) is 14.6 Å². The van der Waals surface area contributed by atoms with Gasteiger partial charge in [-0.05, 0) is 62.3 Å². The van der Waals surface area contributed by atoms with E-state index in [1.807, 2.05) is 11.8 Å². The number of fused-ring (bicyclic) bond motifs is 1. The molecule has 0 unspecified atom stereocenters. The van der Waals surface area contributed by atoms with Gasteiger partial charge < -0.3 is 4.90 Å². The first kappa shape index (κ1) is 16.7. The highest BCUT2D eigenvalue weighted by atomic mass is 16.2. The number of amides is 1. The molecule has 1 aromatic rings. The fraction of sp³-hybridized carbons (Fsp3) is 0.667. The maximum absolute atomic E-state index is 13.3. The summed E-state index contributed by atoms with van der Waals surface area (Å²) in [6, 6.07) is 0. The number of ketones is 1. The third-order valence-electron chi connectivity index (χ3n) is 5.90. The molecule has 0 aromatic carbocycles. The van der Waals surface area contributed by atoms with Crippen LogP contribution < -0.4 is 0 Å². The van der Waals surface area contributed by atoms with Crippen molar-refractivity contribution in [1.82, 2.24) is 9.88 Å². The smallest absolute Gasteiger partial charge is 0.256 e. The van der Waals surface area contributed by atoms with Crippen LogP contribution >= 0.6 is 0 Å². The minimum absolute atomic E-state index is 0.0389. The number of pyridine rings is 1. The van der Waals surface area contributed by atoms with E-state index in [0.717, 1.165) is 73.3 Å². The molecule has 1 amide bonds. The third-order valence-corrected chi connectivity index (χ3v) is 5.90. The SMILES string of the molecule is Cc1nc2c(c(C3CC3)c1C(=O)N1CCCCC1)C(=O)CC(C)(C)C2. The van der Waals surface area contributed by atoms with Crippen molar-refractivity contribution >= 4 is 11.7 Å². The first-order chi connectivity index (χ1) is 11.9. The Hall–Kier alpha value is -1.71. The predicted octanol–water partition coefficient (Wildman–Crippen LogP) is 4.05. The van der Waals surface area contributed by atoms with Gasteiger partial charge in [-0.1, -0.05) is 13.8 Å². The molecule has 2 fully saturated rings. The van der Waals surface area contributed by atoms with Gasteiger partial charge in [0.15, 0.2) is 5.78 Å². The molecule has 2 aliphatic carbocycles. The van der Waals surface area contributed by atoms with Crippen molar-refractivity contribution < 1.29 is 9.59 Å². The quantitative estimate of drug-likeness (QED) is 0.816. The third kappa shape index (κ3) is 3.00. The summed E-state index contributed by atoms with van der Waals surface area (Å²) in [5, 5.41) is 0. The molecule has 3 aliphatic rings. The standard InChI is InChI=1S/C21H28N2O2/c1-13-17(20(25)23-9-5-4-6-10-23)18(14-7-8-14)19-15(22-13)11-21(2,3)12-16(19)24/h14H,4-12H2,1-3H3. The number of carbonyl (C=O) groups is 2. The van der Waals surface area contributed by atoms with Crippen molar-refractivity contribution in [3.63, 3.8) is 0 Å². The van der Waals surface area contributed by atoms with Crippen molar-refractivity contribution in [2.24, 2.45) is 5.41 Å². The predicted molar refractivity (Wildman–Crippen MR) is 97.1 cm³/mol. The maximum Gasteiger partial charge on any atom is 0.256 e. The normalized spacial score (nSPS) is 22.7. The molecule has 4 rings (SSSR count). The van der Waals surface area contributed by atoms with Crippen LogP contribution in [0.15, 0.2) is 0 Å². The Balaban J connectivity index is 1.84. The summed E-state index contributed by atoms with van der Waals surface area (Å²) in [6.07, 6.45) is 6.92. The Morgan fingerprint density at radius 2 is 1.80 bits per heavy atom. The average Bonchev–Trinajstić information content (AvgIpc) is 3.37. The van der Waals surface area contributed by atoms with Crippen LogP contribution in [0.25, 0.3) is 0 Å². The number of likely N-dealkylation sites (tertiary alicyclic amines) is 1. The average molecular weight is 340 g/mol. The van der Waals surface area contributed by atoms with Gasteiger partial charge in [0.25, 0.3) is 5.91 Å². The van der Waals surface area contributed by atoms with Crippen LogP contribution in [0, 0.1) is 12.3 Å². The lowest BCUT2D eigenvalue weighted by Gasteiger charge is -2.33. The van der Waals surface area contributed by atoms with Gasteiger partial charge in [-0.15, -0.1) is 0 Å². The molecule has 2 heterocycles. The van der Waals surface area contributed by atoms with Gasteiger partial charge in [0.05, 0.1) is 17.0 Å². The summed E-state index contributed by atoms with van der Waals surface area (Å²) >= 11 is 0. The van der Waals surface area contributed by atoms with Crippen LogP contribution in [-0.4, -0.2) is 34.7 Å². The number of aryl methyl sites for hydroxylation is 1. The van der Waals surface area contributed by atoms with E-state index in [4.69, 9.17) is 4.98 Å². The summed E-state index contributed by atoms with van der Waals surface area (Å²) in [4.78, 5) is 33.0. The molecule has 4 nitrogen and oxygen atoms in total. The van der Waals surface area contributed by atoms with Crippen LogP contribution in [-0.2, 0) is 6.42 Å². The second-order valence-electron chi connectivity index (χ2n) is 8.88. The van der Waals surface area contributed by atoms with E-state index in [0.29, 0.717) is 12.3 Å². The number of hydrogen-bond donors (Lipinski definition) is 0. The Bertz CT molecular complexity index is 741. The van der Waals surface area contributed by atoms with Gasteiger partial charge >= 0.3 is 0 Å². The lowest BCUT2D eigenvalue weighted by Crippen LogP contribution is -2.38. The van der Waals surface area contributed by atoms with Crippen LogP contribution in [0.1, 0.15) is 96.0 Å². The first-order valence-corrected chi connectivity index (χ1v) is 9.73. The van der Waals surface area contributed by atoms with E-state index in [2.05, 4.69) is 13.8 Å². The summed E-state index contributed by atoms with van der Waals surface area (Å²) < 4.78 is 0. The second-order valence-corrected chi connectivity index (χ2v) is 8.88. The molecule has 0 bridgehead atoms. The summed E-state index contributed by atoms with van der Waals surface area (Å²) in [6.45, 7) is 7.89. The lowest BCUT2D eigenvalue weighted by molar-refractivity contribution is 0.0721. The highest BCUT2D eigenvalue weighted by molar-refractivity contribution is 6.05. The Morgan fingerprint density at radius 1 is 1.12 bits per heavy atom. The molecule has 4 heteroatoms. The van der Waals surface area contributed by atoms with Crippen molar-refractivity contribution in [2.45, 2.75) is 71.6 Å². The summed E-state index contributed by atoms with van der Waals surface area (Å²) in [5.74, 6) is 0.671. The number of rotatable bonds is 2. The van der Waals surface area contributed by atoms with E-state index in [1.165, 1.54) is 6.42 Å². The van der Waals surface area contributed by atoms with Crippen molar-refractivity contribution in [3.05, 3.63) is 28.1 Å². The van der Waals surface area contributed by atoms with Crippen molar-refractivity contribution in [3.8, 4) is 0 Å². The minimum atomic E-state index is -0.0389. The first-order valence-electron chi connectivity index (χ1n) is 9.73. The molecule has 25 heavy (non-hydrogen) atoms. The lowest BCUT2D eigenvalue weighted by atomic mass is 9.73. The molecule has 1 aromatic heterocycles. The molecule has 0 atom stereocenters. The molecular formula is C21H28N2O2. The highest BCUT2D eigenvalue weighted by Crippen LogP contribution is 2.47. The number of hydrogen-bond acceptors (Lipinski definition) is 3. The van der Waals surface area contributed by atoms with Crippen LogP contribution in [0.4, 0.5) is 0 Å². The fourth-order valence-corrected chi connectivity index (χ4v) is 4.57. The molecular weight excluding hydrogens is 312 g/mol. The number of aromatic nitrogens is 1. The van der Waals surface area contributed by atoms with Crippen LogP contribution in [0.3, 0.4) is 0 Å². The number of carbonyl (C=O) groups excluding carboxylic acids is 2. The van der Waals surface area contributed by atoms with E-state index >= 15 is 0 Å². The Labute approximate surface area is 150 Å². The van der Waals surface area contributed by atoms with Crippen LogP contribution in [0.5, 0.6) is 0 Å². The highest BCUT2D eigenvalue weighted by Gasteiger charge is 2.41. The van der Waals surface area contributed by atoms with E-state index < -0.39 is 0 Å². The molecule has 0 spiro atoms. The largest absolute Gasteiger partial charge is 0.339 e. The van der Waals surface area contributed by atoms with Crippen molar-refractivity contribution in [2.75, 3.05) is 13.1 Å². The molecule has 1 aliphatic heterocycles. The fourth-order valence-electron chi connectivity index (χ4n) is 4.57. The number of nitrogens with zero attached hydrogens (tertiary/aromatic N) is 2. The summed E-state index contributed by atoms with van der Waals surface area (Å²) in [7, 11) is 0. The Kier molecular flexibility index (Phi) is 3.97. The summed E-state index contributed by atoms with van der Waals surface area (Å²) in [5.41, 5.74) is 4.29. The van der Waals surface area contributed by atoms with Crippen LogP contribution in [0.2, 0.25) is 0 Å². The van der Waals surface area contributed by atoms with Gasteiger partial charge in [0.2, 0.25) is 0 Å². The second kappa shape index (κ2) is 5.93. The molecule has 0 N–H and O–H groups in total. The molecule has 1 saturated carbocycles. The molecule has 134 valence electrons. The zero-order valence-corrected chi connectivity index (χ0v) is 15.7. The topological polar surface area (TPSA) is 50.3 Å². The van der Waals surface area contributed by atoms with E-state index in [1.54, 1.807) is 0 Å². The van der Waals surface area contributed by atoms with E-state index in [9.17, 15) is 9.59 Å². The van der Waals surface area contributed by atoms with Gasteiger partial charge in [0, 0.05) is 25.1 Å². The zero-order valence-electron chi connectivity index (χ0n) is 15.7. The number of Topliss-reactive ketones (excluding diaryl/α,β-unsaturated/α-hetero) is 1. The van der Waals surface area contributed by atoms with Gasteiger partial charge in [-0.25, -0.2) is 0 Å². The zero-order chi connectivity index (χ0) is 17.8. The maximum atomic E-state index is 13.3. The van der Waals surface area contributed by atoms with Crippen molar-refractivity contribution in [1.29, 1.82) is 0 Å². The number of piperidine rings is 1. The van der Waals surface area contributed by atoms with Gasteiger partial charge in [0.1, 0.15) is 0 Å².